The summed E-state index contributed by atoms with van der Waals surface area (Å²) in [6.07, 6.45) is 0. The van der Waals surface area contributed by atoms with Crippen molar-refractivity contribution in [1.29, 1.82) is 0 Å². The van der Waals surface area contributed by atoms with Crippen LogP contribution in [0.1, 0.15) is 13.8 Å². The molecule has 0 bridgehead atoms. The quantitative estimate of drug-likeness (QED) is 0.918. The van der Waals surface area contributed by atoms with Gasteiger partial charge in [0.05, 0.1) is 27.4 Å². The number of methoxy groups -OCH3 is 1. The Labute approximate surface area is 110 Å². The first-order valence-corrected chi connectivity index (χ1v) is 6.53. The van der Waals surface area contributed by atoms with Crippen molar-refractivity contribution in [1.82, 2.24) is 4.98 Å². The third kappa shape index (κ3) is 2.89. The van der Waals surface area contributed by atoms with Gasteiger partial charge in [-0.2, -0.15) is 0 Å². The second-order valence-electron chi connectivity index (χ2n) is 4.55. The number of nitrogens with one attached hydrogen (secondary N) is 1. The fourth-order valence-corrected chi connectivity index (χ4v) is 2.99. The van der Waals surface area contributed by atoms with Crippen LogP contribution in [0.2, 0.25) is 5.02 Å². The van der Waals surface area contributed by atoms with Gasteiger partial charge in [-0.25, -0.2) is 4.98 Å². The van der Waals surface area contributed by atoms with Crippen molar-refractivity contribution in [2.24, 2.45) is 0 Å². The second kappa shape index (κ2) is 4.80. The molecular weight excluding hydrogens is 256 g/mol. The van der Waals surface area contributed by atoms with Crippen LogP contribution in [-0.2, 0) is 4.74 Å². The Hall–Kier alpha value is -0.840. The lowest BCUT2D eigenvalue weighted by Gasteiger charge is -2.24. The molecule has 0 saturated carbocycles. The molecule has 0 aliphatic heterocycles. The summed E-state index contributed by atoms with van der Waals surface area (Å²) in [6.45, 7) is 4.77. The highest BCUT2D eigenvalue weighted by Crippen LogP contribution is 2.32. The van der Waals surface area contributed by atoms with Crippen LogP contribution >= 0.6 is 22.9 Å². The summed E-state index contributed by atoms with van der Waals surface area (Å²) in [6, 6.07) is 5.76. The van der Waals surface area contributed by atoms with Gasteiger partial charge in [0.1, 0.15) is 0 Å². The minimum Gasteiger partial charge on any atom is -0.382 e. The van der Waals surface area contributed by atoms with Crippen LogP contribution in [0.15, 0.2) is 18.2 Å². The maximum absolute atomic E-state index is 6.12. The van der Waals surface area contributed by atoms with Gasteiger partial charge in [-0.15, -0.1) is 0 Å². The zero-order valence-corrected chi connectivity index (χ0v) is 11.7. The number of rotatable bonds is 4. The summed E-state index contributed by atoms with van der Waals surface area (Å²) in [7, 11) is 1.69. The van der Waals surface area contributed by atoms with Crippen LogP contribution in [0.5, 0.6) is 0 Å². The van der Waals surface area contributed by atoms with Crippen molar-refractivity contribution in [2.45, 2.75) is 19.4 Å². The standard InChI is InChI=1S/C12H15ClN2OS/c1-12(2,7-16-3)15-11-14-9-6-4-5-8(13)10(9)17-11/h4-6H,7H2,1-3H3,(H,14,15). The Bertz CT molecular complexity index is 524. The zero-order chi connectivity index (χ0) is 12.5. The van der Waals surface area contributed by atoms with E-state index in [-0.39, 0.29) is 5.54 Å². The average Bonchev–Trinajstić information content (AvgIpc) is 2.60. The number of thiazole rings is 1. The number of ether oxygens (including phenoxy) is 1. The predicted molar refractivity (Wildman–Crippen MR) is 74.2 cm³/mol. The van der Waals surface area contributed by atoms with Gasteiger partial charge in [-0.1, -0.05) is 29.0 Å². The molecule has 1 N–H and O–H groups in total. The summed E-state index contributed by atoms with van der Waals surface area (Å²) in [5, 5.41) is 4.98. The van der Waals surface area contributed by atoms with Gasteiger partial charge < -0.3 is 10.1 Å². The van der Waals surface area contributed by atoms with Crippen molar-refractivity contribution in [2.75, 3.05) is 19.0 Å². The van der Waals surface area contributed by atoms with E-state index < -0.39 is 0 Å². The highest BCUT2D eigenvalue weighted by atomic mass is 35.5. The fourth-order valence-electron chi connectivity index (χ4n) is 1.66. The molecule has 1 aromatic heterocycles. The Morgan fingerprint density at radius 2 is 2.24 bits per heavy atom. The van der Waals surface area contributed by atoms with E-state index in [1.54, 1.807) is 18.4 Å². The van der Waals surface area contributed by atoms with Crippen LogP contribution in [0.25, 0.3) is 10.2 Å². The van der Waals surface area contributed by atoms with Gasteiger partial charge >= 0.3 is 0 Å². The lowest BCUT2D eigenvalue weighted by molar-refractivity contribution is 0.158. The maximum Gasteiger partial charge on any atom is 0.184 e. The minimum atomic E-state index is -0.144. The fraction of sp³-hybridized carbons (Fsp3) is 0.417. The van der Waals surface area contributed by atoms with E-state index in [1.165, 1.54) is 0 Å². The Balaban J connectivity index is 2.28. The minimum absolute atomic E-state index is 0.144. The van der Waals surface area contributed by atoms with Crippen LogP contribution < -0.4 is 5.32 Å². The Morgan fingerprint density at radius 3 is 2.88 bits per heavy atom. The number of anilines is 1. The van der Waals surface area contributed by atoms with E-state index in [1.807, 2.05) is 18.2 Å². The van der Waals surface area contributed by atoms with E-state index >= 15 is 0 Å². The van der Waals surface area contributed by atoms with Gasteiger partial charge in [-0.3, -0.25) is 0 Å². The second-order valence-corrected chi connectivity index (χ2v) is 5.96. The Morgan fingerprint density at radius 1 is 1.47 bits per heavy atom. The van der Waals surface area contributed by atoms with Crippen molar-refractivity contribution in [3.05, 3.63) is 23.2 Å². The first-order valence-electron chi connectivity index (χ1n) is 5.34. The topological polar surface area (TPSA) is 34.1 Å². The third-order valence-corrected chi connectivity index (χ3v) is 3.76. The molecule has 1 heterocycles. The van der Waals surface area contributed by atoms with E-state index in [0.29, 0.717) is 6.61 Å². The first-order chi connectivity index (χ1) is 8.02. The molecule has 0 spiro atoms. The number of hydrogen-bond acceptors (Lipinski definition) is 4. The van der Waals surface area contributed by atoms with Crippen molar-refractivity contribution in [3.63, 3.8) is 0 Å². The number of benzene rings is 1. The molecule has 0 atom stereocenters. The molecule has 0 radical (unpaired) electrons. The average molecular weight is 271 g/mol. The third-order valence-electron chi connectivity index (χ3n) is 2.32. The summed E-state index contributed by atoms with van der Waals surface area (Å²) in [5.74, 6) is 0. The largest absolute Gasteiger partial charge is 0.382 e. The molecular formula is C12H15ClN2OS. The van der Waals surface area contributed by atoms with Gasteiger partial charge in [0.2, 0.25) is 0 Å². The van der Waals surface area contributed by atoms with Gasteiger partial charge in [0, 0.05) is 7.11 Å². The SMILES string of the molecule is COCC(C)(C)Nc1nc2cccc(Cl)c2s1. The van der Waals surface area contributed by atoms with E-state index in [0.717, 1.165) is 20.4 Å². The van der Waals surface area contributed by atoms with Crippen molar-refractivity contribution in [3.8, 4) is 0 Å². The normalized spacial score (nSPS) is 12.0. The molecule has 3 nitrogen and oxygen atoms in total. The molecule has 92 valence electrons. The molecule has 0 fully saturated rings. The molecule has 0 unspecified atom stereocenters. The molecule has 2 rings (SSSR count). The molecule has 1 aromatic carbocycles. The number of nitrogens with zero attached hydrogens (tertiary/aromatic N) is 1. The molecule has 0 aliphatic rings. The monoisotopic (exact) mass is 270 g/mol. The van der Waals surface area contributed by atoms with E-state index in [9.17, 15) is 0 Å². The molecule has 2 aromatic rings. The maximum atomic E-state index is 6.12. The van der Waals surface area contributed by atoms with E-state index in [2.05, 4.69) is 24.1 Å². The number of fused-ring (bicyclic) bond motifs is 1. The number of aromatic nitrogens is 1. The molecule has 0 aliphatic carbocycles. The van der Waals surface area contributed by atoms with Gasteiger partial charge in [0.25, 0.3) is 0 Å². The summed E-state index contributed by atoms with van der Waals surface area (Å²) >= 11 is 7.69. The summed E-state index contributed by atoms with van der Waals surface area (Å²) in [5.41, 5.74) is 0.785. The van der Waals surface area contributed by atoms with Crippen LogP contribution in [-0.4, -0.2) is 24.2 Å². The lowest BCUT2D eigenvalue weighted by Crippen LogP contribution is -2.35. The van der Waals surface area contributed by atoms with Crippen LogP contribution in [0.4, 0.5) is 5.13 Å². The number of hydrogen-bond donors (Lipinski definition) is 1. The van der Waals surface area contributed by atoms with Gasteiger partial charge in [0.15, 0.2) is 5.13 Å². The van der Waals surface area contributed by atoms with E-state index in [4.69, 9.17) is 16.3 Å². The highest BCUT2D eigenvalue weighted by Gasteiger charge is 2.19. The van der Waals surface area contributed by atoms with Crippen molar-refractivity contribution < 1.29 is 4.74 Å². The molecule has 17 heavy (non-hydrogen) atoms. The van der Waals surface area contributed by atoms with Crippen LogP contribution in [0, 0.1) is 0 Å². The van der Waals surface area contributed by atoms with Gasteiger partial charge in [-0.05, 0) is 26.0 Å². The highest BCUT2D eigenvalue weighted by molar-refractivity contribution is 7.22. The lowest BCUT2D eigenvalue weighted by atomic mass is 10.1. The molecule has 5 heteroatoms. The smallest absolute Gasteiger partial charge is 0.184 e. The predicted octanol–water partition coefficient (Wildman–Crippen LogP) is 3.79. The molecule has 0 amide bonds. The van der Waals surface area contributed by atoms with Crippen molar-refractivity contribution >= 4 is 38.3 Å². The first kappa shape index (κ1) is 12.6. The summed E-state index contributed by atoms with van der Waals surface area (Å²) < 4.78 is 6.18. The molecule has 0 saturated heterocycles. The summed E-state index contributed by atoms with van der Waals surface area (Å²) in [4.78, 5) is 4.51. The Kier molecular flexibility index (Phi) is 3.56. The number of halogens is 1. The van der Waals surface area contributed by atoms with Crippen LogP contribution in [0.3, 0.4) is 0 Å². The zero-order valence-electron chi connectivity index (χ0n) is 10.1.